The van der Waals surface area contributed by atoms with E-state index in [2.05, 4.69) is 24.1 Å². The molecule has 0 saturated carbocycles. The molecule has 2 aliphatic rings. The first-order chi connectivity index (χ1) is 6.75. The van der Waals surface area contributed by atoms with Crippen LogP contribution < -0.4 is 5.32 Å². The topological polar surface area (TPSA) is 24.5 Å². The van der Waals surface area contributed by atoms with Crippen molar-refractivity contribution in [1.29, 1.82) is 0 Å². The molecule has 0 amide bonds. The second-order valence-corrected chi connectivity index (χ2v) is 4.71. The van der Waals surface area contributed by atoms with Crippen molar-refractivity contribution in [1.82, 2.24) is 10.2 Å². The summed E-state index contributed by atoms with van der Waals surface area (Å²) in [7, 11) is 0. The number of nitrogens with zero attached hydrogens (tertiary/aromatic N) is 1. The van der Waals surface area contributed by atoms with E-state index in [4.69, 9.17) is 4.74 Å². The number of likely N-dealkylation sites (tertiary alicyclic amines) is 1. The molecule has 14 heavy (non-hydrogen) atoms. The van der Waals surface area contributed by atoms with Crippen molar-refractivity contribution < 1.29 is 4.74 Å². The first-order valence-electron chi connectivity index (χ1n) is 5.86. The second-order valence-electron chi connectivity index (χ2n) is 4.71. The molecule has 2 rings (SSSR count). The first-order valence-corrected chi connectivity index (χ1v) is 5.86. The molecule has 0 radical (unpaired) electrons. The van der Waals surface area contributed by atoms with Gasteiger partial charge in [0.05, 0.1) is 12.2 Å². The molecule has 82 valence electrons. The van der Waals surface area contributed by atoms with E-state index < -0.39 is 0 Å². The molecular weight excluding hydrogens is 176 g/mol. The minimum absolute atomic E-state index is 0.381. The summed E-state index contributed by atoms with van der Waals surface area (Å²) in [5.74, 6) is 0. The third-order valence-electron chi connectivity index (χ3n) is 3.36. The van der Waals surface area contributed by atoms with Gasteiger partial charge in [-0.2, -0.15) is 0 Å². The van der Waals surface area contributed by atoms with Crippen molar-refractivity contribution >= 4 is 0 Å². The average Bonchev–Trinajstić information content (AvgIpc) is 2.52. The highest BCUT2D eigenvalue weighted by atomic mass is 16.5. The van der Waals surface area contributed by atoms with Crippen LogP contribution in [0.5, 0.6) is 0 Å². The van der Waals surface area contributed by atoms with Gasteiger partial charge in [-0.3, -0.25) is 4.90 Å². The van der Waals surface area contributed by atoms with E-state index in [0.29, 0.717) is 12.2 Å². The van der Waals surface area contributed by atoms with Gasteiger partial charge in [0.15, 0.2) is 0 Å². The van der Waals surface area contributed by atoms with Crippen LogP contribution in [-0.4, -0.2) is 49.3 Å². The molecule has 0 aromatic rings. The highest BCUT2D eigenvalue weighted by Crippen LogP contribution is 2.17. The van der Waals surface area contributed by atoms with Gasteiger partial charge < -0.3 is 10.1 Å². The summed E-state index contributed by atoms with van der Waals surface area (Å²) >= 11 is 0. The number of rotatable bonds is 2. The van der Waals surface area contributed by atoms with Crippen LogP contribution in [-0.2, 0) is 4.74 Å². The lowest BCUT2D eigenvalue weighted by Gasteiger charge is -2.33. The fraction of sp³-hybridized carbons (Fsp3) is 1.00. The van der Waals surface area contributed by atoms with Gasteiger partial charge in [-0.1, -0.05) is 0 Å². The Morgan fingerprint density at radius 1 is 1.36 bits per heavy atom. The van der Waals surface area contributed by atoms with E-state index in [9.17, 15) is 0 Å². The standard InChI is InChI=1S/C11H22N2O/c1-9-4-3-5-13(9)8-11-7-12-6-10(2)14-11/h9-12H,3-8H2,1-2H3/t9-,10+,11-/m0/s1. The Morgan fingerprint density at radius 3 is 2.86 bits per heavy atom. The van der Waals surface area contributed by atoms with Crippen molar-refractivity contribution in [3.8, 4) is 0 Å². The van der Waals surface area contributed by atoms with Gasteiger partial charge in [0.2, 0.25) is 0 Å². The van der Waals surface area contributed by atoms with Crippen molar-refractivity contribution in [2.24, 2.45) is 0 Å². The number of nitrogens with one attached hydrogen (secondary N) is 1. The van der Waals surface area contributed by atoms with E-state index in [1.807, 2.05) is 0 Å². The van der Waals surface area contributed by atoms with Crippen molar-refractivity contribution in [2.75, 3.05) is 26.2 Å². The monoisotopic (exact) mass is 198 g/mol. The van der Waals surface area contributed by atoms with E-state index >= 15 is 0 Å². The maximum absolute atomic E-state index is 5.89. The molecular formula is C11H22N2O. The van der Waals surface area contributed by atoms with Crippen molar-refractivity contribution in [3.05, 3.63) is 0 Å². The van der Waals surface area contributed by atoms with E-state index in [-0.39, 0.29) is 0 Å². The lowest BCUT2D eigenvalue weighted by molar-refractivity contribution is -0.0432. The van der Waals surface area contributed by atoms with Gasteiger partial charge in [-0.15, -0.1) is 0 Å². The molecule has 2 heterocycles. The Bertz CT molecular complexity index is 186. The van der Waals surface area contributed by atoms with Crippen LogP contribution in [0.3, 0.4) is 0 Å². The Kier molecular flexibility index (Phi) is 3.42. The van der Waals surface area contributed by atoms with E-state index in [1.54, 1.807) is 0 Å². The summed E-state index contributed by atoms with van der Waals surface area (Å²) in [6.45, 7) is 8.87. The van der Waals surface area contributed by atoms with Gasteiger partial charge in [0.1, 0.15) is 0 Å². The normalized spacial score (nSPS) is 40.3. The molecule has 2 fully saturated rings. The lowest BCUT2D eigenvalue weighted by atomic mass is 10.2. The molecule has 0 aromatic heterocycles. The van der Waals surface area contributed by atoms with Gasteiger partial charge in [-0.05, 0) is 33.2 Å². The predicted molar refractivity (Wildman–Crippen MR) is 57.5 cm³/mol. The largest absolute Gasteiger partial charge is 0.371 e. The highest BCUT2D eigenvalue weighted by molar-refractivity contribution is 4.81. The summed E-state index contributed by atoms with van der Waals surface area (Å²) in [4.78, 5) is 2.56. The predicted octanol–water partition coefficient (Wildman–Crippen LogP) is 0.848. The first kappa shape index (κ1) is 10.4. The van der Waals surface area contributed by atoms with Gasteiger partial charge >= 0.3 is 0 Å². The van der Waals surface area contributed by atoms with Crippen LogP contribution in [0.1, 0.15) is 26.7 Å². The van der Waals surface area contributed by atoms with Gasteiger partial charge in [0, 0.05) is 25.7 Å². The Labute approximate surface area is 86.8 Å². The maximum Gasteiger partial charge on any atom is 0.0830 e. The summed E-state index contributed by atoms with van der Waals surface area (Å²) < 4.78 is 5.89. The minimum Gasteiger partial charge on any atom is -0.371 e. The molecule has 0 aliphatic carbocycles. The zero-order chi connectivity index (χ0) is 9.97. The van der Waals surface area contributed by atoms with Crippen LogP contribution in [0.4, 0.5) is 0 Å². The second kappa shape index (κ2) is 4.60. The smallest absolute Gasteiger partial charge is 0.0830 e. The fourth-order valence-electron chi connectivity index (χ4n) is 2.51. The maximum atomic E-state index is 5.89. The van der Waals surface area contributed by atoms with Crippen molar-refractivity contribution in [2.45, 2.75) is 44.9 Å². The third-order valence-corrected chi connectivity index (χ3v) is 3.36. The van der Waals surface area contributed by atoms with Gasteiger partial charge in [-0.25, -0.2) is 0 Å². The summed E-state index contributed by atoms with van der Waals surface area (Å²) in [5.41, 5.74) is 0. The molecule has 3 atom stereocenters. The zero-order valence-corrected chi connectivity index (χ0v) is 9.33. The van der Waals surface area contributed by atoms with Crippen LogP contribution in [0.15, 0.2) is 0 Å². The molecule has 0 unspecified atom stereocenters. The zero-order valence-electron chi connectivity index (χ0n) is 9.33. The molecule has 2 saturated heterocycles. The Hall–Kier alpha value is -0.120. The molecule has 2 aliphatic heterocycles. The summed E-state index contributed by atoms with van der Waals surface area (Å²) in [6.07, 6.45) is 3.50. The summed E-state index contributed by atoms with van der Waals surface area (Å²) in [5, 5.41) is 3.42. The van der Waals surface area contributed by atoms with E-state index in [1.165, 1.54) is 19.4 Å². The number of morpholine rings is 1. The van der Waals surface area contributed by atoms with E-state index in [0.717, 1.165) is 25.7 Å². The SMILES string of the molecule is C[C@@H]1CNC[C@@H](CN2CCC[C@@H]2C)O1. The molecule has 0 aromatic carbocycles. The van der Waals surface area contributed by atoms with Gasteiger partial charge in [0.25, 0.3) is 0 Å². The molecule has 3 heteroatoms. The van der Waals surface area contributed by atoms with Crippen LogP contribution in [0.25, 0.3) is 0 Å². The number of hydrogen-bond acceptors (Lipinski definition) is 3. The van der Waals surface area contributed by atoms with Crippen LogP contribution in [0.2, 0.25) is 0 Å². The lowest BCUT2D eigenvalue weighted by Crippen LogP contribution is -2.49. The Morgan fingerprint density at radius 2 is 2.21 bits per heavy atom. The third kappa shape index (κ3) is 2.47. The van der Waals surface area contributed by atoms with Crippen LogP contribution >= 0.6 is 0 Å². The minimum atomic E-state index is 0.381. The molecule has 0 bridgehead atoms. The van der Waals surface area contributed by atoms with Crippen LogP contribution in [0, 0.1) is 0 Å². The highest BCUT2D eigenvalue weighted by Gasteiger charge is 2.26. The molecule has 3 nitrogen and oxygen atoms in total. The quantitative estimate of drug-likeness (QED) is 0.712. The fourth-order valence-corrected chi connectivity index (χ4v) is 2.51. The van der Waals surface area contributed by atoms with Crippen molar-refractivity contribution in [3.63, 3.8) is 0 Å². The molecule has 0 spiro atoms. The number of ether oxygens (including phenoxy) is 1. The summed E-state index contributed by atoms with van der Waals surface area (Å²) in [6, 6.07) is 0.760. The Balaban J connectivity index is 1.78. The molecule has 1 N–H and O–H groups in total. The average molecular weight is 198 g/mol. The number of hydrogen-bond donors (Lipinski definition) is 1.